The third-order valence-electron chi connectivity index (χ3n) is 3.96. The lowest BCUT2D eigenvalue weighted by Crippen LogP contribution is -2.02. The van der Waals surface area contributed by atoms with Gasteiger partial charge in [0.2, 0.25) is 5.78 Å². The molecule has 3 aromatic rings. The van der Waals surface area contributed by atoms with Crippen LogP contribution in [0.15, 0.2) is 54.2 Å². The number of allylic oxidation sites excluding steroid dienone is 1. The molecule has 0 atom stereocenters. The second-order valence-corrected chi connectivity index (χ2v) is 5.51. The Bertz CT molecular complexity index is 1070. The van der Waals surface area contributed by atoms with Crippen LogP contribution < -0.4 is 0 Å². The molecule has 0 aliphatic heterocycles. The van der Waals surface area contributed by atoms with E-state index < -0.39 is 10.7 Å². The number of aromatic amines is 1. The number of aromatic nitrogens is 1. The zero-order chi connectivity index (χ0) is 18.0. The summed E-state index contributed by atoms with van der Waals surface area (Å²) in [6.07, 6.45) is 2.82. The second-order valence-electron chi connectivity index (χ2n) is 5.51. The summed E-state index contributed by atoms with van der Waals surface area (Å²) in [7, 11) is 0. The fourth-order valence-corrected chi connectivity index (χ4v) is 2.77. The number of nitrogens with zero attached hydrogens (tertiary/aromatic N) is 2. The van der Waals surface area contributed by atoms with Gasteiger partial charge in [-0.3, -0.25) is 14.9 Å². The molecule has 1 N–H and O–H groups in total. The summed E-state index contributed by atoms with van der Waals surface area (Å²) in [5, 5.41) is 21.3. The Labute approximate surface area is 143 Å². The number of Topliss-reactive ketones (excluding diaryl/α,β-unsaturated/α-hetero) is 1. The number of nitro benzene ring substituents is 1. The Morgan fingerprint density at radius 2 is 2.00 bits per heavy atom. The van der Waals surface area contributed by atoms with Gasteiger partial charge in [0, 0.05) is 28.7 Å². The molecular formula is C19H13N3O3. The van der Waals surface area contributed by atoms with Crippen molar-refractivity contribution in [2.75, 3.05) is 0 Å². The SMILES string of the molecule is Cc1cccc2[nH]cc(C(=O)/C(C#N)=C/c3ccccc3[N+](=O)[O-])c12. The van der Waals surface area contributed by atoms with E-state index in [9.17, 15) is 20.2 Å². The first-order chi connectivity index (χ1) is 12.0. The maximum absolute atomic E-state index is 12.8. The topological polar surface area (TPSA) is 99.8 Å². The van der Waals surface area contributed by atoms with Crippen molar-refractivity contribution in [1.29, 1.82) is 5.26 Å². The Balaban J connectivity index is 2.12. The highest BCUT2D eigenvalue weighted by Gasteiger charge is 2.19. The number of hydrogen-bond donors (Lipinski definition) is 1. The first-order valence-electron chi connectivity index (χ1n) is 7.49. The molecule has 0 saturated carbocycles. The summed E-state index contributed by atoms with van der Waals surface area (Å²) in [5.41, 5.74) is 1.99. The maximum Gasteiger partial charge on any atom is 0.276 e. The van der Waals surface area contributed by atoms with E-state index in [2.05, 4.69) is 4.98 Å². The molecule has 1 heterocycles. The van der Waals surface area contributed by atoms with E-state index >= 15 is 0 Å². The van der Waals surface area contributed by atoms with Crippen LogP contribution in [0.1, 0.15) is 21.5 Å². The number of para-hydroxylation sites is 1. The standard InChI is InChI=1S/C19H13N3O3/c1-12-5-4-7-16-18(12)15(11-21-16)19(23)14(10-20)9-13-6-2-3-8-17(13)22(24)25/h2-9,11,21H,1H3/b14-9+. The molecule has 0 aliphatic carbocycles. The van der Waals surface area contributed by atoms with Gasteiger partial charge in [-0.25, -0.2) is 0 Å². The molecule has 1 aromatic heterocycles. The number of carbonyl (C=O) groups excluding carboxylic acids is 1. The molecule has 0 saturated heterocycles. The van der Waals surface area contributed by atoms with E-state index in [0.29, 0.717) is 5.56 Å². The van der Waals surface area contributed by atoms with Gasteiger partial charge in [-0.2, -0.15) is 5.26 Å². The van der Waals surface area contributed by atoms with Crippen LogP contribution in [0, 0.1) is 28.4 Å². The zero-order valence-corrected chi connectivity index (χ0v) is 13.3. The van der Waals surface area contributed by atoms with Crippen molar-refractivity contribution in [1.82, 2.24) is 4.98 Å². The van der Waals surface area contributed by atoms with E-state index in [1.54, 1.807) is 12.3 Å². The summed E-state index contributed by atoms with van der Waals surface area (Å²) in [6.45, 7) is 1.88. The van der Waals surface area contributed by atoms with Gasteiger partial charge in [-0.15, -0.1) is 0 Å². The van der Waals surface area contributed by atoms with Gasteiger partial charge in [-0.1, -0.05) is 24.3 Å². The molecule has 0 radical (unpaired) electrons. The Hall–Kier alpha value is -3.72. The maximum atomic E-state index is 12.8. The first kappa shape index (κ1) is 16.1. The molecule has 2 aromatic carbocycles. The number of carbonyl (C=O) groups is 1. The van der Waals surface area contributed by atoms with Crippen LogP contribution in [-0.2, 0) is 0 Å². The highest BCUT2D eigenvalue weighted by atomic mass is 16.6. The summed E-state index contributed by atoms with van der Waals surface area (Å²) in [5.74, 6) is -0.471. The van der Waals surface area contributed by atoms with E-state index in [1.165, 1.54) is 24.3 Å². The molecule has 0 amide bonds. The average molecular weight is 331 g/mol. The lowest BCUT2D eigenvalue weighted by molar-refractivity contribution is -0.385. The van der Waals surface area contributed by atoms with Crippen molar-refractivity contribution in [2.45, 2.75) is 6.92 Å². The lowest BCUT2D eigenvalue weighted by Gasteiger charge is -2.02. The van der Waals surface area contributed by atoms with Crippen LogP contribution in [0.25, 0.3) is 17.0 Å². The fraction of sp³-hybridized carbons (Fsp3) is 0.0526. The summed E-state index contributed by atoms with van der Waals surface area (Å²) < 4.78 is 0. The number of nitro groups is 1. The van der Waals surface area contributed by atoms with Gasteiger partial charge in [0.1, 0.15) is 11.6 Å². The minimum Gasteiger partial charge on any atom is -0.360 e. The quantitative estimate of drug-likeness (QED) is 0.255. The number of nitrogens with one attached hydrogen (secondary N) is 1. The van der Waals surface area contributed by atoms with Crippen molar-refractivity contribution in [3.05, 3.63) is 81.0 Å². The van der Waals surface area contributed by atoms with Crippen LogP contribution >= 0.6 is 0 Å². The Kier molecular flexibility index (Phi) is 4.14. The van der Waals surface area contributed by atoms with Crippen molar-refractivity contribution < 1.29 is 9.72 Å². The number of aryl methyl sites for hydroxylation is 1. The van der Waals surface area contributed by atoms with Crippen molar-refractivity contribution >= 4 is 28.4 Å². The minimum atomic E-state index is -0.541. The predicted octanol–water partition coefficient (Wildman–Crippen LogP) is 4.17. The molecule has 0 spiro atoms. The number of benzene rings is 2. The fourth-order valence-electron chi connectivity index (χ4n) is 2.77. The third-order valence-corrected chi connectivity index (χ3v) is 3.96. The van der Waals surface area contributed by atoms with Crippen LogP contribution in [0.4, 0.5) is 5.69 Å². The average Bonchev–Trinajstić information content (AvgIpc) is 3.04. The molecule has 6 nitrogen and oxygen atoms in total. The summed E-state index contributed by atoms with van der Waals surface area (Å²) >= 11 is 0. The molecule has 0 fully saturated rings. The van der Waals surface area contributed by atoms with E-state index in [0.717, 1.165) is 16.5 Å². The molecular weight excluding hydrogens is 318 g/mol. The second kappa shape index (κ2) is 6.42. The molecule has 0 unspecified atom stereocenters. The van der Waals surface area contributed by atoms with Crippen LogP contribution in [0.5, 0.6) is 0 Å². The number of hydrogen-bond acceptors (Lipinski definition) is 4. The summed E-state index contributed by atoms with van der Waals surface area (Å²) in [4.78, 5) is 26.4. The monoisotopic (exact) mass is 331 g/mol. The number of fused-ring (bicyclic) bond motifs is 1. The van der Waals surface area contributed by atoms with Gasteiger partial charge in [0.15, 0.2) is 0 Å². The number of ketones is 1. The van der Waals surface area contributed by atoms with Crippen LogP contribution in [0.3, 0.4) is 0 Å². The molecule has 0 aliphatic rings. The zero-order valence-electron chi connectivity index (χ0n) is 13.3. The molecule has 0 bridgehead atoms. The Morgan fingerprint density at radius 1 is 1.24 bits per heavy atom. The Morgan fingerprint density at radius 3 is 2.72 bits per heavy atom. The van der Waals surface area contributed by atoms with Gasteiger partial charge < -0.3 is 4.98 Å². The third kappa shape index (κ3) is 2.91. The molecule has 6 heteroatoms. The summed E-state index contributed by atoms with van der Waals surface area (Å²) in [6, 6.07) is 13.5. The number of rotatable bonds is 4. The van der Waals surface area contributed by atoms with Crippen LogP contribution in [-0.4, -0.2) is 15.7 Å². The number of nitriles is 1. The minimum absolute atomic E-state index is 0.154. The molecule has 122 valence electrons. The van der Waals surface area contributed by atoms with Gasteiger partial charge in [0.05, 0.1) is 10.5 Å². The number of H-pyrrole nitrogens is 1. The molecule has 3 rings (SSSR count). The van der Waals surface area contributed by atoms with Crippen LogP contribution in [0.2, 0.25) is 0 Å². The lowest BCUT2D eigenvalue weighted by atomic mass is 9.99. The van der Waals surface area contributed by atoms with Crippen molar-refractivity contribution in [3.8, 4) is 6.07 Å². The smallest absolute Gasteiger partial charge is 0.276 e. The van der Waals surface area contributed by atoms with Gasteiger partial charge in [-0.05, 0) is 30.7 Å². The normalized spacial score (nSPS) is 11.3. The highest BCUT2D eigenvalue weighted by Crippen LogP contribution is 2.26. The first-order valence-corrected chi connectivity index (χ1v) is 7.49. The van der Waals surface area contributed by atoms with Crippen molar-refractivity contribution in [2.24, 2.45) is 0 Å². The van der Waals surface area contributed by atoms with E-state index in [1.807, 2.05) is 31.2 Å². The van der Waals surface area contributed by atoms with Gasteiger partial charge >= 0.3 is 0 Å². The molecule has 25 heavy (non-hydrogen) atoms. The van der Waals surface area contributed by atoms with E-state index in [4.69, 9.17) is 0 Å². The van der Waals surface area contributed by atoms with Crippen molar-refractivity contribution in [3.63, 3.8) is 0 Å². The van der Waals surface area contributed by atoms with Gasteiger partial charge in [0.25, 0.3) is 5.69 Å². The highest BCUT2D eigenvalue weighted by molar-refractivity contribution is 6.20. The predicted molar refractivity (Wildman–Crippen MR) is 94.1 cm³/mol. The largest absolute Gasteiger partial charge is 0.360 e. The van der Waals surface area contributed by atoms with E-state index in [-0.39, 0.29) is 16.8 Å².